The number of nitrogens with zero attached hydrogens (tertiary/aromatic N) is 1. The molecule has 2 rings (SSSR count). The minimum Gasteiger partial charge on any atom is -0.325 e. The summed E-state index contributed by atoms with van der Waals surface area (Å²) in [6.07, 6.45) is 2.00. The Morgan fingerprint density at radius 1 is 1.12 bits per heavy atom. The highest BCUT2D eigenvalue weighted by Gasteiger charge is 2.19. The van der Waals surface area contributed by atoms with Crippen molar-refractivity contribution in [3.05, 3.63) is 59.7 Å². The van der Waals surface area contributed by atoms with Gasteiger partial charge in [0.2, 0.25) is 15.9 Å². The molecular formula is C18H19N3O3S. The second kappa shape index (κ2) is 8.42. The molecule has 130 valence electrons. The van der Waals surface area contributed by atoms with Gasteiger partial charge in [-0.25, -0.2) is 13.1 Å². The largest absolute Gasteiger partial charge is 0.325 e. The predicted octanol–water partition coefficient (Wildman–Crippen LogP) is 2.43. The standard InChI is InChI=1S/C18H19N3O3S/c1-2-5-14-8-10-16(11-9-14)21-18(22)13-20-25(23,24)17-7-4-3-6-15(17)12-19/h3-4,6-11,20H,2,5,13H2,1H3,(H,21,22). The summed E-state index contributed by atoms with van der Waals surface area (Å²) in [5.41, 5.74) is 1.80. The highest BCUT2D eigenvalue weighted by atomic mass is 32.2. The fraction of sp³-hybridized carbons (Fsp3) is 0.222. The maximum absolute atomic E-state index is 12.2. The Hall–Kier alpha value is -2.69. The van der Waals surface area contributed by atoms with Gasteiger partial charge in [-0.3, -0.25) is 4.79 Å². The smallest absolute Gasteiger partial charge is 0.242 e. The maximum Gasteiger partial charge on any atom is 0.242 e. The van der Waals surface area contributed by atoms with Crippen molar-refractivity contribution < 1.29 is 13.2 Å². The van der Waals surface area contributed by atoms with E-state index >= 15 is 0 Å². The van der Waals surface area contributed by atoms with Gasteiger partial charge in [0.05, 0.1) is 17.0 Å². The number of amides is 1. The number of nitriles is 1. The topological polar surface area (TPSA) is 99.1 Å². The second-order valence-corrected chi connectivity index (χ2v) is 7.16. The number of anilines is 1. The number of nitrogens with one attached hydrogen (secondary N) is 2. The molecule has 0 heterocycles. The molecular weight excluding hydrogens is 338 g/mol. The molecule has 0 aliphatic heterocycles. The molecule has 0 spiro atoms. The minimum absolute atomic E-state index is 0.0296. The molecule has 2 aromatic rings. The van der Waals surface area contributed by atoms with E-state index in [-0.39, 0.29) is 10.5 Å². The summed E-state index contributed by atoms with van der Waals surface area (Å²) in [5, 5.41) is 11.6. The Labute approximate surface area is 147 Å². The number of sulfonamides is 1. The average molecular weight is 357 g/mol. The molecule has 1 amide bonds. The fourth-order valence-corrected chi connectivity index (χ4v) is 3.42. The third-order valence-corrected chi connectivity index (χ3v) is 4.96. The van der Waals surface area contributed by atoms with Gasteiger partial charge in [0.25, 0.3) is 0 Å². The van der Waals surface area contributed by atoms with Crippen molar-refractivity contribution in [2.45, 2.75) is 24.7 Å². The Bertz CT molecular complexity index is 885. The predicted molar refractivity (Wildman–Crippen MR) is 95.4 cm³/mol. The number of rotatable bonds is 7. The lowest BCUT2D eigenvalue weighted by Gasteiger charge is -2.09. The number of benzene rings is 2. The van der Waals surface area contributed by atoms with Gasteiger partial charge in [0.15, 0.2) is 0 Å². The van der Waals surface area contributed by atoms with Crippen LogP contribution in [-0.2, 0) is 21.2 Å². The van der Waals surface area contributed by atoms with Crippen molar-refractivity contribution in [2.24, 2.45) is 0 Å². The first-order valence-electron chi connectivity index (χ1n) is 7.84. The third-order valence-electron chi connectivity index (χ3n) is 3.50. The zero-order chi connectivity index (χ0) is 18.3. The zero-order valence-electron chi connectivity index (χ0n) is 13.8. The first-order chi connectivity index (χ1) is 12.0. The van der Waals surface area contributed by atoms with E-state index < -0.39 is 22.5 Å². The van der Waals surface area contributed by atoms with E-state index in [0.29, 0.717) is 5.69 Å². The first-order valence-corrected chi connectivity index (χ1v) is 9.32. The summed E-state index contributed by atoms with van der Waals surface area (Å²) in [6, 6.07) is 15.1. The van der Waals surface area contributed by atoms with Crippen molar-refractivity contribution in [1.29, 1.82) is 5.26 Å². The molecule has 0 saturated carbocycles. The van der Waals surface area contributed by atoms with E-state index in [4.69, 9.17) is 5.26 Å². The highest BCUT2D eigenvalue weighted by Crippen LogP contribution is 2.14. The molecule has 0 aliphatic rings. The van der Waals surface area contributed by atoms with E-state index in [1.54, 1.807) is 18.2 Å². The summed E-state index contributed by atoms with van der Waals surface area (Å²) in [7, 11) is -3.94. The molecule has 0 bridgehead atoms. The van der Waals surface area contributed by atoms with E-state index in [9.17, 15) is 13.2 Å². The van der Waals surface area contributed by atoms with Crippen LogP contribution in [0.3, 0.4) is 0 Å². The van der Waals surface area contributed by atoms with Crippen LogP contribution in [0.25, 0.3) is 0 Å². The van der Waals surface area contributed by atoms with Gasteiger partial charge in [-0.2, -0.15) is 5.26 Å². The number of hydrogen-bond donors (Lipinski definition) is 2. The summed E-state index contributed by atoms with van der Waals surface area (Å²) < 4.78 is 26.7. The molecule has 25 heavy (non-hydrogen) atoms. The molecule has 0 saturated heterocycles. The Balaban J connectivity index is 1.98. The summed E-state index contributed by atoms with van der Waals surface area (Å²) in [4.78, 5) is 11.8. The van der Waals surface area contributed by atoms with Gasteiger partial charge in [-0.1, -0.05) is 37.6 Å². The van der Waals surface area contributed by atoms with E-state index in [2.05, 4.69) is 17.0 Å². The molecule has 2 aromatic carbocycles. The monoisotopic (exact) mass is 357 g/mol. The lowest BCUT2D eigenvalue weighted by molar-refractivity contribution is -0.115. The quantitative estimate of drug-likeness (QED) is 0.795. The van der Waals surface area contributed by atoms with Crippen LogP contribution in [0, 0.1) is 11.3 Å². The van der Waals surface area contributed by atoms with E-state index in [1.165, 1.54) is 23.8 Å². The zero-order valence-corrected chi connectivity index (χ0v) is 14.6. The Morgan fingerprint density at radius 3 is 2.44 bits per heavy atom. The molecule has 0 aliphatic carbocycles. The van der Waals surface area contributed by atoms with Crippen LogP contribution in [0.5, 0.6) is 0 Å². The molecule has 7 heteroatoms. The summed E-state index contributed by atoms with van der Waals surface area (Å²) in [5.74, 6) is -0.485. The van der Waals surface area contributed by atoms with Gasteiger partial charge in [-0.05, 0) is 36.2 Å². The van der Waals surface area contributed by atoms with Gasteiger partial charge in [0, 0.05) is 5.69 Å². The number of hydrogen-bond acceptors (Lipinski definition) is 4. The molecule has 2 N–H and O–H groups in total. The molecule has 0 aromatic heterocycles. The van der Waals surface area contributed by atoms with Crippen LogP contribution < -0.4 is 10.0 Å². The van der Waals surface area contributed by atoms with Crippen molar-refractivity contribution >= 4 is 21.6 Å². The van der Waals surface area contributed by atoms with Gasteiger partial charge >= 0.3 is 0 Å². The SMILES string of the molecule is CCCc1ccc(NC(=O)CNS(=O)(=O)c2ccccc2C#N)cc1. The van der Waals surface area contributed by atoms with Gasteiger partial charge < -0.3 is 5.32 Å². The number of aryl methyl sites for hydroxylation is 1. The number of carbonyl (C=O) groups excluding carboxylic acids is 1. The molecule has 0 unspecified atom stereocenters. The van der Waals surface area contributed by atoms with Crippen LogP contribution in [-0.4, -0.2) is 20.9 Å². The van der Waals surface area contributed by atoms with E-state index in [1.807, 2.05) is 18.2 Å². The highest BCUT2D eigenvalue weighted by molar-refractivity contribution is 7.89. The van der Waals surface area contributed by atoms with E-state index in [0.717, 1.165) is 12.8 Å². The van der Waals surface area contributed by atoms with Crippen LogP contribution in [0.1, 0.15) is 24.5 Å². The van der Waals surface area contributed by atoms with Crippen LogP contribution in [0.2, 0.25) is 0 Å². The van der Waals surface area contributed by atoms with Gasteiger partial charge in [0.1, 0.15) is 6.07 Å². The van der Waals surface area contributed by atoms with Crippen LogP contribution in [0.4, 0.5) is 5.69 Å². The van der Waals surface area contributed by atoms with Crippen molar-refractivity contribution in [2.75, 3.05) is 11.9 Å². The summed E-state index contributed by atoms with van der Waals surface area (Å²) in [6.45, 7) is 1.67. The maximum atomic E-state index is 12.2. The molecule has 0 atom stereocenters. The molecule has 0 radical (unpaired) electrons. The fourth-order valence-electron chi connectivity index (χ4n) is 2.28. The first kappa shape index (κ1) is 18.6. The lowest BCUT2D eigenvalue weighted by atomic mass is 10.1. The molecule has 0 fully saturated rings. The lowest BCUT2D eigenvalue weighted by Crippen LogP contribution is -2.33. The third kappa shape index (κ3) is 5.14. The van der Waals surface area contributed by atoms with Gasteiger partial charge in [-0.15, -0.1) is 0 Å². The van der Waals surface area contributed by atoms with Crippen LogP contribution in [0.15, 0.2) is 53.4 Å². The average Bonchev–Trinajstić information content (AvgIpc) is 2.62. The number of carbonyl (C=O) groups is 1. The van der Waals surface area contributed by atoms with Crippen LogP contribution >= 0.6 is 0 Å². The molecule has 6 nitrogen and oxygen atoms in total. The van der Waals surface area contributed by atoms with Crippen molar-refractivity contribution in [1.82, 2.24) is 4.72 Å². The van der Waals surface area contributed by atoms with Crippen molar-refractivity contribution in [3.63, 3.8) is 0 Å². The minimum atomic E-state index is -3.94. The second-order valence-electron chi connectivity index (χ2n) is 5.43. The summed E-state index contributed by atoms with van der Waals surface area (Å²) >= 11 is 0. The normalized spacial score (nSPS) is 10.9. The van der Waals surface area contributed by atoms with Crippen molar-refractivity contribution in [3.8, 4) is 6.07 Å². The Morgan fingerprint density at radius 2 is 1.80 bits per heavy atom. The Kier molecular flexibility index (Phi) is 6.28.